The first-order chi connectivity index (χ1) is 11.2. The maximum atomic E-state index is 9.42. The summed E-state index contributed by atoms with van der Waals surface area (Å²) in [6.07, 6.45) is 0.902. The number of fused-ring (bicyclic) bond motifs is 1. The molecule has 2 aliphatic heterocycles. The fourth-order valence-corrected chi connectivity index (χ4v) is 4.05. The fraction of sp³-hybridized carbons (Fsp3) is 0.167. The van der Waals surface area contributed by atoms with Gasteiger partial charge in [-0.1, -0.05) is 47.6 Å². The largest absolute Gasteiger partial charge is 0.508 e. The first kappa shape index (κ1) is 14.7. The smallest absolute Gasteiger partial charge is 0.168 e. The number of benzene rings is 2. The molecule has 3 nitrogen and oxygen atoms in total. The Hall–Kier alpha value is -1.91. The first-order valence-corrected chi connectivity index (χ1v) is 8.71. The number of aromatic hydroxyl groups is 1. The van der Waals surface area contributed by atoms with E-state index in [-0.39, 0.29) is 0 Å². The van der Waals surface area contributed by atoms with Crippen LogP contribution in [-0.4, -0.2) is 27.8 Å². The highest BCUT2D eigenvalue weighted by atomic mass is 35.5. The molecule has 1 unspecified atom stereocenters. The van der Waals surface area contributed by atoms with E-state index in [0.717, 1.165) is 28.7 Å². The van der Waals surface area contributed by atoms with Crippen molar-refractivity contribution >= 4 is 34.2 Å². The Kier molecular flexibility index (Phi) is 3.79. The molecular weight excluding hydrogens is 328 g/mol. The van der Waals surface area contributed by atoms with E-state index >= 15 is 0 Å². The van der Waals surface area contributed by atoms with E-state index in [2.05, 4.69) is 15.3 Å². The molecule has 2 aromatic rings. The number of phenols is 1. The predicted molar refractivity (Wildman–Crippen MR) is 96.8 cm³/mol. The molecule has 4 rings (SSSR count). The van der Waals surface area contributed by atoms with Gasteiger partial charge in [0.2, 0.25) is 0 Å². The van der Waals surface area contributed by atoms with Gasteiger partial charge in [-0.2, -0.15) is 0 Å². The molecule has 0 saturated heterocycles. The monoisotopic (exact) mass is 342 g/mol. The Morgan fingerprint density at radius 3 is 2.61 bits per heavy atom. The van der Waals surface area contributed by atoms with Crippen LogP contribution in [0.1, 0.15) is 11.1 Å². The number of rotatable bonds is 3. The molecule has 0 radical (unpaired) electrons. The molecule has 0 saturated carbocycles. The van der Waals surface area contributed by atoms with Gasteiger partial charge in [0.05, 0.1) is 18.3 Å². The first-order valence-electron chi connectivity index (χ1n) is 7.45. The third kappa shape index (κ3) is 2.84. The van der Waals surface area contributed by atoms with Crippen molar-refractivity contribution in [2.75, 3.05) is 6.54 Å². The summed E-state index contributed by atoms with van der Waals surface area (Å²) in [5.41, 5.74) is 3.55. The van der Waals surface area contributed by atoms with Crippen LogP contribution in [0.2, 0.25) is 5.02 Å². The minimum atomic E-state index is 0.301. The number of nitrogens with zero attached hydrogens (tertiary/aromatic N) is 2. The van der Waals surface area contributed by atoms with E-state index in [4.69, 9.17) is 11.6 Å². The molecule has 0 amide bonds. The molecule has 0 bridgehead atoms. The number of aliphatic imine (C=N–C) groups is 1. The second-order valence-corrected chi connectivity index (χ2v) is 6.92. The SMILES string of the molecule is Oc1ccc(CC2CN=C3SC=C(c4ccc(Cl)cc4)N32)cc1. The summed E-state index contributed by atoms with van der Waals surface area (Å²) < 4.78 is 0. The van der Waals surface area contributed by atoms with E-state index < -0.39 is 0 Å². The lowest BCUT2D eigenvalue weighted by Gasteiger charge is -2.26. The van der Waals surface area contributed by atoms with Gasteiger partial charge in [0.25, 0.3) is 0 Å². The zero-order valence-electron chi connectivity index (χ0n) is 12.3. The summed E-state index contributed by atoms with van der Waals surface area (Å²) in [6, 6.07) is 15.7. The number of halogens is 1. The van der Waals surface area contributed by atoms with Gasteiger partial charge in [0, 0.05) is 10.4 Å². The van der Waals surface area contributed by atoms with Gasteiger partial charge in [0.1, 0.15) is 5.75 Å². The zero-order chi connectivity index (χ0) is 15.8. The summed E-state index contributed by atoms with van der Waals surface area (Å²) in [7, 11) is 0. The Morgan fingerprint density at radius 2 is 1.87 bits per heavy atom. The highest BCUT2D eigenvalue weighted by Crippen LogP contribution is 2.39. The predicted octanol–water partition coefficient (Wildman–Crippen LogP) is 4.37. The van der Waals surface area contributed by atoms with Gasteiger partial charge < -0.3 is 10.0 Å². The van der Waals surface area contributed by atoms with Crippen LogP contribution < -0.4 is 0 Å². The average molecular weight is 343 g/mol. The normalized spacial score (nSPS) is 19.5. The van der Waals surface area contributed by atoms with Crippen molar-refractivity contribution in [1.82, 2.24) is 4.90 Å². The molecule has 2 aromatic carbocycles. The Bertz CT molecular complexity index is 784. The second kappa shape index (κ2) is 5.95. The number of amidine groups is 1. The standard InChI is InChI=1S/C18H15ClN2OS/c19-14-5-3-13(4-6-14)17-11-23-18-20-10-15(21(17)18)9-12-1-7-16(22)8-2-12/h1-8,11,15,22H,9-10H2. The summed E-state index contributed by atoms with van der Waals surface area (Å²) in [5.74, 6) is 0.301. The third-order valence-corrected chi connectivity index (χ3v) is 5.22. The number of hydrogen-bond donors (Lipinski definition) is 1. The van der Waals surface area contributed by atoms with Crippen molar-refractivity contribution in [1.29, 1.82) is 0 Å². The Balaban J connectivity index is 1.58. The van der Waals surface area contributed by atoms with Gasteiger partial charge in [-0.25, -0.2) is 0 Å². The van der Waals surface area contributed by atoms with Crippen LogP contribution in [0.4, 0.5) is 0 Å². The highest BCUT2D eigenvalue weighted by molar-refractivity contribution is 8.16. The van der Waals surface area contributed by atoms with Gasteiger partial charge in [-0.3, -0.25) is 4.99 Å². The van der Waals surface area contributed by atoms with Crippen LogP contribution in [0.25, 0.3) is 5.70 Å². The minimum absolute atomic E-state index is 0.301. The van der Waals surface area contributed by atoms with Crippen LogP contribution in [-0.2, 0) is 6.42 Å². The van der Waals surface area contributed by atoms with Crippen molar-refractivity contribution in [2.24, 2.45) is 4.99 Å². The Labute approximate surface area is 144 Å². The molecule has 1 N–H and O–H groups in total. The van der Waals surface area contributed by atoms with Gasteiger partial charge >= 0.3 is 0 Å². The van der Waals surface area contributed by atoms with Crippen LogP contribution in [0.3, 0.4) is 0 Å². The van der Waals surface area contributed by atoms with E-state index in [9.17, 15) is 5.11 Å². The maximum Gasteiger partial charge on any atom is 0.168 e. The summed E-state index contributed by atoms with van der Waals surface area (Å²) in [5, 5.41) is 13.4. The van der Waals surface area contributed by atoms with Gasteiger partial charge in [-0.05, 0) is 41.8 Å². The molecule has 0 fully saturated rings. The van der Waals surface area contributed by atoms with Crippen molar-refractivity contribution < 1.29 is 5.11 Å². The van der Waals surface area contributed by atoms with Crippen LogP contribution in [0, 0.1) is 0 Å². The summed E-state index contributed by atoms with van der Waals surface area (Å²) in [6.45, 7) is 0.800. The van der Waals surface area contributed by atoms with Crippen molar-refractivity contribution in [2.45, 2.75) is 12.5 Å². The lowest BCUT2D eigenvalue weighted by atomic mass is 10.0. The van der Waals surface area contributed by atoms with Crippen LogP contribution in [0.5, 0.6) is 5.75 Å². The topological polar surface area (TPSA) is 35.8 Å². The van der Waals surface area contributed by atoms with Crippen molar-refractivity contribution in [3.63, 3.8) is 0 Å². The number of hydrogen-bond acceptors (Lipinski definition) is 4. The molecule has 2 aliphatic rings. The van der Waals surface area contributed by atoms with E-state index in [1.54, 1.807) is 23.9 Å². The van der Waals surface area contributed by atoms with Crippen LogP contribution >= 0.6 is 23.4 Å². The molecule has 5 heteroatoms. The van der Waals surface area contributed by atoms with Crippen molar-refractivity contribution in [3.05, 3.63) is 70.1 Å². The van der Waals surface area contributed by atoms with Gasteiger partial charge in [0.15, 0.2) is 5.17 Å². The van der Waals surface area contributed by atoms with Crippen molar-refractivity contribution in [3.8, 4) is 5.75 Å². The van der Waals surface area contributed by atoms with E-state index in [1.807, 2.05) is 36.4 Å². The minimum Gasteiger partial charge on any atom is -0.508 e. The molecule has 0 aromatic heterocycles. The average Bonchev–Trinajstić information content (AvgIpc) is 3.14. The fourth-order valence-electron chi connectivity index (χ4n) is 2.94. The summed E-state index contributed by atoms with van der Waals surface area (Å²) in [4.78, 5) is 6.98. The molecule has 0 aliphatic carbocycles. The quantitative estimate of drug-likeness (QED) is 0.899. The molecular formula is C18H15ClN2OS. The molecule has 23 heavy (non-hydrogen) atoms. The highest BCUT2D eigenvalue weighted by Gasteiger charge is 2.34. The third-order valence-electron chi connectivity index (χ3n) is 4.09. The molecule has 116 valence electrons. The molecule has 2 heterocycles. The molecule has 1 atom stereocenters. The second-order valence-electron chi connectivity index (χ2n) is 5.65. The Morgan fingerprint density at radius 1 is 1.13 bits per heavy atom. The van der Waals surface area contributed by atoms with E-state index in [1.165, 1.54) is 11.3 Å². The zero-order valence-corrected chi connectivity index (χ0v) is 13.9. The summed E-state index contributed by atoms with van der Waals surface area (Å²) >= 11 is 7.67. The van der Waals surface area contributed by atoms with Gasteiger partial charge in [-0.15, -0.1) is 0 Å². The number of phenolic OH excluding ortho intramolecular Hbond substituents is 1. The number of thioether (sulfide) groups is 1. The molecule has 0 spiro atoms. The maximum absolute atomic E-state index is 9.42. The lowest BCUT2D eigenvalue weighted by molar-refractivity contribution is 0.460. The van der Waals surface area contributed by atoms with Crippen LogP contribution in [0.15, 0.2) is 58.9 Å². The lowest BCUT2D eigenvalue weighted by Crippen LogP contribution is -2.33. The van der Waals surface area contributed by atoms with E-state index in [0.29, 0.717) is 11.8 Å².